The fourth-order valence-electron chi connectivity index (χ4n) is 4.20. The van der Waals surface area contributed by atoms with Crippen LogP contribution in [0.5, 0.6) is 0 Å². The van der Waals surface area contributed by atoms with E-state index < -0.39 is 70.4 Å². The van der Waals surface area contributed by atoms with E-state index in [1.165, 1.54) is 23.1 Å². The number of ether oxygens (including phenoxy) is 1. The first-order valence-corrected chi connectivity index (χ1v) is 11.1. The van der Waals surface area contributed by atoms with E-state index in [-0.39, 0.29) is 16.7 Å². The standard InChI is InChI=1S/C23H16F6N8O2/c1-35-8-12(7-31-35)15-9-37(10-22(25,26)39-15)21-33-16(13-4-3-11(6-30)5-14(13)24)17-18(34-21)19(38)36(2)20(32-17)23(27,28)29/h3-5,7-8,15H,9-10H2,1-2H3/t15-/m1/s1. The van der Waals surface area contributed by atoms with E-state index in [1.54, 1.807) is 13.1 Å². The van der Waals surface area contributed by atoms with E-state index in [1.807, 2.05) is 0 Å². The lowest BCUT2D eigenvalue weighted by Gasteiger charge is -2.37. The maximum Gasteiger partial charge on any atom is 0.449 e. The minimum Gasteiger partial charge on any atom is -0.329 e. The molecule has 39 heavy (non-hydrogen) atoms. The molecule has 1 atom stereocenters. The second-order valence-electron chi connectivity index (χ2n) is 8.74. The Morgan fingerprint density at radius 3 is 2.51 bits per heavy atom. The van der Waals surface area contributed by atoms with Gasteiger partial charge in [-0.15, -0.1) is 0 Å². The summed E-state index contributed by atoms with van der Waals surface area (Å²) >= 11 is 0. The van der Waals surface area contributed by atoms with Gasteiger partial charge in [0.15, 0.2) is 5.52 Å². The highest BCUT2D eigenvalue weighted by molar-refractivity contribution is 5.90. The van der Waals surface area contributed by atoms with E-state index in [0.29, 0.717) is 5.56 Å². The number of halogens is 6. The highest BCUT2D eigenvalue weighted by atomic mass is 19.4. The highest BCUT2D eigenvalue weighted by Gasteiger charge is 2.44. The molecule has 0 spiro atoms. The van der Waals surface area contributed by atoms with Crippen molar-refractivity contribution in [3.63, 3.8) is 0 Å². The van der Waals surface area contributed by atoms with Gasteiger partial charge in [0.2, 0.25) is 11.8 Å². The SMILES string of the molecule is Cn1cc([C@H]2CN(c3nc(-c4ccc(C#N)cc4F)c4nc(C(F)(F)F)n(C)c(=O)c4n3)CC(F)(F)O2)cn1. The van der Waals surface area contributed by atoms with Crippen LogP contribution in [0.25, 0.3) is 22.3 Å². The number of benzene rings is 1. The van der Waals surface area contributed by atoms with Crippen LogP contribution < -0.4 is 10.5 Å². The highest BCUT2D eigenvalue weighted by Crippen LogP contribution is 2.37. The monoisotopic (exact) mass is 550 g/mol. The van der Waals surface area contributed by atoms with Crippen molar-refractivity contribution in [1.82, 2.24) is 29.3 Å². The molecule has 0 unspecified atom stereocenters. The smallest absolute Gasteiger partial charge is 0.329 e. The lowest BCUT2D eigenvalue weighted by molar-refractivity contribution is -0.269. The van der Waals surface area contributed by atoms with Crippen molar-refractivity contribution in [2.45, 2.75) is 18.4 Å². The molecule has 0 saturated carbocycles. The Labute approximate surface area is 214 Å². The average Bonchev–Trinajstić information content (AvgIpc) is 3.30. The molecule has 0 N–H and O–H groups in total. The molecule has 4 heterocycles. The third-order valence-corrected chi connectivity index (χ3v) is 5.98. The predicted molar refractivity (Wildman–Crippen MR) is 122 cm³/mol. The Morgan fingerprint density at radius 1 is 1.15 bits per heavy atom. The molecule has 0 aliphatic carbocycles. The van der Waals surface area contributed by atoms with Crippen molar-refractivity contribution in [1.29, 1.82) is 5.26 Å². The van der Waals surface area contributed by atoms with Crippen molar-refractivity contribution in [3.8, 4) is 17.3 Å². The van der Waals surface area contributed by atoms with Gasteiger partial charge < -0.3 is 9.64 Å². The van der Waals surface area contributed by atoms with E-state index in [9.17, 15) is 26.7 Å². The van der Waals surface area contributed by atoms with Gasteiger partial charge in [-0.2, -0.15) is 32.3 Å². The number of hydrogen-bond acceptors (Lipinski definition) is 8. The molecular weight excluding hydrogens is 534 g/mol. The Balaban J connectivity index is 1.75. The Hall–Kier alpha value is -4.52. The summed E-state index contributed by atoms with van der Waals surface area (Å²) < 4.78 is 91.8. The van der Waals surface area contributed by atoms with Crippen molar-refractivity contribution >= 4 is 17.0 Å². The van der Waals surface area contributed by atoms with Crippen LogP contribution in [0.4, 0.5) is 32.3 Å². The maximum absolute atomic E-state index is 15.0. The van der Waals surface area contributed by atoms with Crippen molar-refractivity contribution < 1.29 is 31.1 Å². The van der Waals surface area contributed by atoms with Gasteiger partial charge in [-0.05, 0) is 18.2 Å². The largest absolute Gasteiger partial charge is 0.449 e. The minimum absolute atomic E-state index is 0.0955. The molecule has 16 heteroatoms. The predicted octanol–water partition coefficient (Wildman–Crippen LogP) is 3.32. The molecule has 1 fully saturated rings. The molecule has 0 amide bonds. The molecule has 10 nitrogen and oxygen atoms in total. The van der Waals surface area contributed by atoms with Crippen LogP contribution in [0.15, 0.2) is 35.4 Å². The van der Waals surface area contributed by atoms with Crippen molar-refractivity contribution in [2.75, 3.05) is 18.0 Å². The molecule has 4 aromatic rings. The lowest BCUT2D eigenvalue weighted by atomic mass is 10.1. The van der Waals surface area contributed by atoms with Crippen LogP contribution in [0.3, 0.4) is 0 Å². The Morgan fingerprint density at radius 2 is 1.90 bits per heavy atom. The normalized spacial score (nSPS) is 17.4. The number of rotatable bonds is 3. The number of anilines is 1. The number of fused-ring (bicyclic) bond motifs is 1. The Kier molecular flexibility index (Phi) is 6.06. The van der Waals surface area contributed by atoms with Gasteiger partial charge in [0, 0.05) is 31.4 Å². The quantitative estimate of drug-likeness (QED) is 0.357. The van der Waals surface area contributed by atoms with Crippen molar-refractivity contribution in [2.24, 2.45) is 14.1 Å². The van der Waals surface area contributed by atoms with Crippen LogP contribution in [-0.4, -0.2) is 48.5 Å². The second-order valence-corrected chi connectivity index (χ2v) is 8.74. The molecule has 0 bridgehead atoms. The zero-order valence-corrected chi connectivity index (χ0v) is 20.0. The van der Waals surface area contributed by atoms with Gasteiger partial charge in [-0.3, -0.25) is 14.0 Å². The molecule has 5 rings (SSSR count). The molecule has 1 aromatic carbocycles. The number of nitrogens with zero attached hydrogens (tertiary/aromatic N) is 8. The van der Waals surface area contributed by atoms with Gasteiger partial charge in [0.25, 0.3) is 5.56 Å². The van der Waals surface area contributed by atoms with E-state index >= 15 is 4.39 Å². The number of nitriles is 1. The van der Waals surface area contributed by atoms with Crippen LogP contribution in [0.1, 0.15) is 23.1 Å². The summed E-state index contributed by atoms with van der Waals surface area (Å²) in [7, 11) is 2.40. The minimum atomic E-state index is -5.07. The van der Waals surface area contributed by atoms with E-state index in [2.05, 4.69) is 20.1 Å². The van der Waals surface area contributed by atoms with Gasteiger partial charge in [0.05, 0.1) is 24.4 Å². The summed E-state index contributed by atoms with van der Waals surface area (Å²) in [5, 5.41) is 13.0. The van der Waals surface area contributed by atoms with Crippen LogP contribution in [0, 0.1) is 17.1 Å². The average molecular weight is 550 g/mol. The summed E-state index contributed by atoms with van der Waals surface area (Å²) in [5.41, 5.74) is -3.36. The molecule has 1 aliphatic rings. The second kappa shape index (κ2) is 9.05. The van der Waals surface area contributed by atoms with Crippen LogP contribution >= 0.6 is 0 Å². The first kappa shape index (κ1) is 26.1. The van der Waals surface area contributed by atoms with Crippen molar-refractivity contribution in [3.05, 3.63) is 63.7 Å². The van der Waals surface area contributed by atoms with E-state index in [0.717, 1.165) is 24.1 Å². The van der Waals surface area contributed by atoms with Gasteiger partial charge >= 0.3 is 12.3 Å². The van der Waals surface area contributed by atoms with E-state index in [4.69, 9.17) is 10.00 Å². The summed E-state index contributed by atoms with van der Waals surface area (Å²) in [4.78, 5) is 25.6. The molecule has 0 radical (unpaired) electrons. The molecule has 1 aliphatic heterocycles. The summed E-state index contributed by atoms with van der Waals surface area (Å²) in [5.74, 6) is -3.14. The molecular formula is C23H16F6N8O2. The first-order chi connectivity index (χ1) is 18.3. The summed E-state index contributed by atoms with van der Waals surface area (Å²) in [6.45, 7) is -1.32. The van der Waals surface area contributed by atoms with Gasteiger partial charge in [0.1, 0.15) is 29.7 Å². The van der Waals surface area contributed by atoms with Crippen LogP contribution in [-0.2, 0) is 25.0 Å². The van der Waals surface area contributed by atoms with Gasteiger partial charge in [-0.1, -0.05) is 0 Å². The summed E-state index contributed by atoms with van der Waals surface area (Å²) in [6.07, 6.45) is -7.22. The number of aromatic nitrogens is 6. The maximum atomic E-state index is 15.0. The van der Waals surface area contributed by atoms with Gasteiger partial charge in [-0.25, -0.2) is 19.3 Å². The molecule has 1 saturated heterocycles. The molecule has 3 aromatic heterocycles. The number of hydrogen-bond donors (Lipinski definition) is 0. The first-order valence-electron chi connectivity index (χ1n) is 11.1. The lowest BCUT2D eigenvalue weighted by Crippen LogP contribution is -2.49. The molecule has 202 valence electrons. The summed E-state index contributed by atoms with van der Waals surface area (Å²) in [6, 6.07) is 4.78. The number of morpholine rings is 1. The zero-order valence-electron chi connectivity index (χ0n) is 20.0. The number of alkyl halides is 5. The third kappa shape index (κ3) is 4.76. The zero-order chi connectivity index (χ0) is 28.3. The third-order valence-electron chi connectivity index (χ3n) is 5.98. The van der Waals surface area contributed by atoms with Crippen LogP contribution in [0.2, 0.25) is 0 Å². The number of aryl methyl sites for hydroxylation is 1. The fraction of sp³-hybridized carbons (Fsp3) is 0.304. The fourth-order valence-corrected chi connectivity index (χ4v) is 4.20. The Bertz CT molecular complexity index is 1710. The topological polar surface area (TPSA) is 115 Å².